The van der Waals surface area contributed by atoms with Crippen LogP contribution in [-0.4, -0.2) is 26.0 Å². The van der Waals surface area contributed by atoms with Gasteiger partial charge >= 0.3 is 5.97 Å². The minimum Gasteiger partial charge on any atom is -0.478 e. The second-order valence-electron chi connectivity index (χ2n) is 3.07. The molecule has 0 aliphatic rings. The fraction of sp³-hybridized carbons (Fsp3) is 0. The van der Waals surface area contributed by atoms with E-state index in [0.717, 1.165) is 0 Å². The predicted molar refractivity (Wildman–Crippen MR) is 61.8 cm³/mol. The lowest BCUT2D eigenvalue weighted by atomic mass is 10.3. The molecule has 0 saturated heterocycles. The van der Waals surface area contributed by atoms with Crippen LogP contribution in [-0.2, 0) is 0 Å². The highest BCUT2D eigenvalue weighted by Crippen LogP contribution is 2.28. The zero-order chi connectivity index (χ0) is 12.3. The number of nitrogens with zero attached hydrogens (tertiary/aromatic N) is 3. The molecule has 3 N–H and O–H groups in total. The summed E-state index contributed by atoms with van der Waals surface area (Å²) in [4.78, 5) is 22.5. The fourth-order valence-corrected chi connectivity index (χ4v) is 1.82. The molecule has 0 aliphatic heterocycles. The van der Waals surface area contributed by atoms with Crippen molar-refractivity contribution in [2.24, 2.45) is 0 Å². The van der Waals surface area contributed by atoms with E-state index in [1.165, 1.54) is 30.4 Å². The van der Waals surface area contributed by atoms with Crippen molar-refractivity contribution in [1.29, 1.82) is 0 Å². The number of rotatable bonds is 3. The van der Waals surface area contributed by atoms with Gasteiger partial charge in [-0.05, 0) is 23.9 Å². The lowest BCUT2D eigenvalue weighted by Gasteiger charge is -2.04. The number of anilines is 1. The average molecular weight is 248 g/mol. The van der Waals surface area contributed by atoms with Gasteiger partial charge < -0.3 is 10.8 Å². The number of pyridine rings is 1. The lowest BCUT2D eigenvalue weighted by Crippen LogP contribution is -2.01. The van der Waals surface area contributed by atoms with Crippen LogP contribution in [0.4, 0.5) is 5.69 Å². The molecule has 2 aromatic rings. The second-order valence-corrected chi connectivity index (χ2v) is 4.08. The Bertz CT molecular complexity index is 547. The van der Waals surface area contributed by atoms with Crippen molar-refractivity contribution in [3.8, 4) is 0 Å². The van der Waals surface area contributed by atoms with Gasteiger partial charge in [0.1, 0.15) is 16.4 Å². The Hall–Kier alpha value is -2.15. The molecule has 0 aliphatic carbocycles. The minimum atomic E-state index is -1.05. The molecule has 0 amide bonds. The Labute approximate surface area is 101 Å². The van der Waals surface area contributed by atoms with E-state index in [4.69, 9.17) is 10.8 Å². The molecule has 0 saturated carbocycles. The van der Waals surface area contributed by atoms with Gasteiger partial charge in [-0.1, -0.05) is 0 Å². The van der Waals surface area contributed by atoms with E-state index in [9.17, 15) is 4.79 Å². The van der Waals surface area contributed by atoms with Gasteiger partial charge in [-0.15, -0.1) is 0 Å². The molecule has 0 aromatic carbocycles. The molecule has 2 aromatic heterocycles. The van der Waals surface area contributed by atoms with E-state index in [2.05, 4.69) is 15.0 Å². The first-order valence-corrected chi connectivity index (χ1v) is 5.41. The summed E-state index contributed by atoms with van der Waals surface area (Å²) in [6.45, 7) is 0. The molecule has 0 radical (unpaired) electrons. The molecular formula is C10H8N4O2S. The van der Waals surface area contributed by atoms with Gasteiger partial charge in [-0.2, -0.15) is 0 Å². The summed E-state index contributed by atoms with van der Waals surface area (Å²) >= 11 is 1.25. The molecule has 2 heterocycles. The molecule has 6 nitrogen and oxygen atoms in total. The van der Waals surface area contributed by atoms with Crippen LogP contribution in [0.2, 0.25) is 0 Å². The monoisotopic (exact) mass is 248 g/mol. The topological polar surface area (TPSA) is 102 Å². The van der Waals surface area contributed by atoms with Gasteiger partial charge in [0.05, 0.1) is 11.3 Å². The first-order valence-electron chi connectivity index (χ1n) is 4.59. The zero-order valence-corrected chi connectivity index (χ0v) is 9.39. The van der Waals surface area contributed by atoms with Gasteiger partial charge in [0.15, 0.2) is 0 Å². The van der Waals surface area contributed by atoms with Crippen LogP contribution in [0.3, 0.4) is 0 Å². The third-order valence-corrected chi connectivity index (χ3v) is 2.87. The van der Waals surface area contributed by atoms with Gasteiger partial charge in [-0.3, -0.25) is 0 Å². The molecule has 86 valence electrons. The first-order chi connectivity index (χ1) is 8.16. The number of carboxylic acid groups (broad SMARTS) is 1. The van der Waals surface area contributed by atoms with Crippen LogP contribution in [0.5, 0.6) is 0 Å². The van der Waals surface area contributed by atoms with Crippen LogP contribution < -0.4 is 5.73 Å². The van der Waals surface area contributed by atoms with Crippen molar-refractivity contribution in [2.75, 3.05) is 5.73 Å². The van der Waals surface area contributed by atoms with Gasteiger partial charge in [0.2, 0.25) is 0 Å². The third kappa shape index (κ3) is 2.70. The number of hydrogen-bond donors (Lipinski definition) is 2. The fourth-order valence-electron chi connectivity index (χ4n) is 1.11. The van der Waals surface area contributed by atoms with Crippen molar-refractivity contribution >= 4 is 23.4 Å². The first kappa shape index (κ1) is 11.3. The molecular weight excluding hydrogens is 240 g/mol. The summed E-state index contributed by atoms with van der Waals surface area (Å²) in [6.07, 6.45) is 4.30. The maximum atomic E-state index is 10.7. The second kappa shape index (κ2) is 4.79. The lowest BCUT2D eigenvalue weighted by molar-refractivity contribution is 0.0696. The van der Waals surface area contributed by atoms with E-state index < -0.39 is 5.97 Å². The molecule has 0 unspecified atom stereocenters. The maximum absolute atomic E-state index is 10.7. The van der Waals surface area contributed by atoms with E-state index >= 15 is 0 Å². The van der Waals surface area contributed by atoms with E-state index in [0.29, 0.717) is 15.7 Å². The van der Waals surface area contributed by atoms with Crippen LogP contribution >= 0.6 is 11.8 Å². The molecule has 17 heavy (non-hydrogen) atoms. The SMILES string of the molecule is Nc1cc(C(=O)O)cnc1Sc1ccncn1. The number of aromatic nitrogens is 3. The van der Waals surface area contributed by atoms with Gasteiger partial charge in [0, 0.05) is 12.4 Å². The van der Waals surface area contributed by atoms with Crippen LogP contribution in [0.15, 0.2) is 40.9 Å². The molecule has 0 atom stereocenters. The summed E-state index contributed by atoms with van der Waals surface area (Å²) in [7, 11) is 0. The van der Waals surface area contributed by atoms with E-state index in [1.54, 1.807) is 12.3 Å². The Morgan fingerprint density at radius 2 is 2.24 bits per heavy atom. The highest BCUT2D eigenvalue weighted by Gasteiger charge is 2.09. The Morgan fingerprint density at radius 1 is 1.41 bits per heavy atom. The van der Waals surface area contributed by atoms with Crippen LogP contribution in [0.1, 0.15) is 10.4 Å². The average Bonchev–Trinajstić information content (AvgIpc) is 2.33. The van der Waals surface area contributed by atoms with Crippen molar-refractivity contribution in [3.05, 3.63) is 36.4 Å². The standard InChI is InChI=1S/C10H8N4O2S/c11-7-3-6(10(15)16)4-13-9(7)17-8-1-2-12-5-14-8/h1-5H,11H2,(H,15,16). The van der Waals surface area contributed by atoms with Gasteiger partial charge in [-0.25, -0.2) is 19.7 Å². The summed E-state index contributed by atoms with van der Waals surface area (Å²) < 4.78 is 0. The Kier molecular flexibility index (Phi) is 3.20. The van der Waals surface area contributed by atoms with Crippen molar-refractivity contribution in [1.82, 2.24) is 15.0 Å². The van der Waals surface area contributed by atoms with Crippen molar-refractivity contribution in [2.45, 2.75) is 10.1 Å². The molecule has 0 spiro atoms. The highest BCUT2D eigenvalue weighted by atomic mass is 32.2. The molecule has 0 fully saturated rings. The number of carboxylic acids is 1. The summed E-state index contributed by atoms with van der Waals surface area (Å²) in [5.41, 5.74) is 6.09. The Morgan fingerprint density at radius 3 is 2.82 bits per heavy atom. The zero-order valence-electron chi connectivity index (χ0n) is 8.57. The summed E-state index contributed by atoms with van der Waals surface area (Å²) in [5, 5.41) is 9.99. The van der Waals surface area contributed by atoms with E-state index in [1.807, 2.05) is 0 Å². The quantitative estimate of drug-likeness (QED) is 0.789. The molecule has 7 heteroatoms. The summed E-state index contributed by atoms with van der Waals surface area (Å²) in [5.74, 6) is -1.05. The highest BCUT2D eigenvalue weighted by molar-refractivity contribution is 7.99. The van der Waals surface area contributed by atoms with Crippen molar-refractivity contribution < 1.29 is 9.90 Å². The van der Waals surface area contributed by atoms with Gasteiger partial charge in [0.25, 0.3) is 0 Å². The number of hydrogen-bond acceptors (Lipinski definition) is 6. The molecule has 0 bridgehead atoms. The number of carbonyl (C=O) groups is 1. The normalized spacial score (nSPS) is 10.1. The Balaban J connectivity index is 2.26. The van der Waals surface area contributed by atoms with E-state index in [-0.39, 0.29) is 5.56 Å². The predicted octanol–water partition coefficient (Wildman–Crippen LogP) is 1.30. The third-order valence-electron chi connectivity index (χ3n) is 1.88. The maximum Gasteiger partial charge on any atom is 0.337 e. The number of aromatic carboxylic acids is 1. The molecule has 2 rings (SSSR count). The number of nitrogens with two attached hydrogens (primary N) is 1. The smallest absolute Gasteiger partial charge is 0.337 e. The summed E-state index contributed by atoms with van der Waals surface area (Å²) in [6, 6.07) is 3.09. The van der Waals surface area contributed by atoms with Crippen LogP contribution in [0.25, 0.3) is 0 Å². The minimum absolute atomic E-state index is 0.0644. The number of nitrogen functional groups attached to an aromatic ring is 1. The van der Waals surface area contributed by atoms with Crippen molar-refractivity contribution in [3.63, 3.8) is 0 Å². The van der Waals surface area contributed by atoms with Crippen LogP contribution in [0, 0.1) is 0 Å². The largest absolute Gasteiger partial charge is 0.478 e.